The van der Waals surface area contributed by atoms with Gasteiger partial charge in [0.15, 0.2) is 0 Å². The smallest absolute Gasteiger partial charge is 0.256 e. The number of benzene rings is 1. The molecule has 3 rings (SSSR count). The average molecular weight is 272 g/mol. The van der Waals surface area contributed by atoms with Gasteiger partial charge in [0.05, 0.1) is 12.2 Å². The van der Waals surface area contributed by atoms with Crippen molar-refractivity contribution in [2.45, 2.75) is 26.4 Å². The predicted octanol–water partition coefficient (Wildman–Crippen LogP) is 2.02. The summed E-state index contributed by atoms with van der Waals surface area (Å²) in [6, 6.07) is 7.94. The lowest BCUT2D eigenvalue weighted by Crippen LogP contribution is -2.34. The van der Waals surface area contributed by atoms with E-state index in [0.717, 1.165) is 12.2 Å². The van der Waals surface area contributed by atoms with E-state index in [2.05, 4.69) is 10.5 Å². The van der Waals surface area contributed by atoms with Gasteiger partial charge in [-0.3, -0.25) is 4.79 Å². The van der Waals surface area contributed by atoms with Gasteiger partial charge in [-0.25, -0.2) is 0 Å². The van der Waals surface area contributed by atoms with Gasteiger partial charge < -0.3 is 14.6 Å². The summed E-state index contributed by atoms with van der Waals surface area (Å²) in [5, 5.41) is 6.66. The molecule has 2 aromatic rings. The third-order valence-electron chi connectivity index (χ3n) is 3.46. The van der Waals surface area contributed by atoms with E-state index in [1.807, 2.05) is 24.3 Å². The SMILES string of the molecule is Cc1noc(C)c1C(=O)NC[C@H]1Cc2ccccc2O1. The molecule has 0 bridgehead atoms. The standard InChI is InChI=1S/C15H16N2O3/c1-9-14(10(2)20-17-9)15(18)16-8-12-7-11-5-3-4-6-13(11)19-12/h3-6,12H,7-8H2,1-2H3,(H,16,18)/t12-/m1/s1. The van der Waals surface area contributed by atoms with Crippen molar-refractivity contribution in [2.75, 3.05) is 6.54 Å². The normalized spacial score (nSPS) is 16.6. The van der Waals surface area contributed by atoms with E-state index >= 15 is 0 Å². The Balaban J connectivity index is 1.61. The van der Waals surface area contributed by atoms with E-state index in [-0.39, 0.29) is 12.0 Å². The van der Waals surface area contributed by atoms with Crippen LogP contribution in [0.4, 0.5) is 0 Å². The molecule has 0 aliphatic carbocycles. The van der Waals surface area contributed by atoms with E-state index < -0.39 is 0 Å². The fraction of sp³-hybridized carbons (Fsp3) is 0.333. The summed E-state index contributed by atoms with van der Waals surface area (Å²) in [6.45, 7) is 3.96. The van der Waals surface area contributed by atoms with Gasteiger partial charge in [0, 0.05) is 6.42 Å². The number of aryl methyl sites for hydroxylation is 2. The number of rotatable bonds is 3. The van der Waals surface area contributed by atoms with Crippen LogP contribution in [0, 0.1) is 13.8 Å². The minimum absolute atomic E-state index is 0.0168. The zero-order valence-corrected chi connectivity index (χ0v) is 11.5. The highest BCUT2D eigenvalue weighted by atomic mass is 16.5. The largest absolute Gasteiger partial charge is 0.488 e. The number of fused-ring (bicyclic) bond motifs is 1. The molecule has 1 aromatic heterocycles. The van der Waals surface area contributed by atoms with Crippen LogP contribution in [0.1, 0.15) is 27.4 Å². The Morgan fingerprint density at radius 1 is 1.40 bits per heavy atom. The number of para-hydroxylation sites is 1. The van der Waals surface area contributed by atoms with Crippen molar-refractivity contribution < 1.29 is 14.1 Å². The molecule has 20 heavy (non-hydrogen) atoms. The summed E-state index contributed by atoms with van der Waals surface area (Å²) in [6.07, 6.45) is 0.801. The highest BCUT2D eigenvalue weighted by molar-refractivity contribution is 5.96. The molecule has 1 amide bonds. The first-order chi connectivity index (χ1) is 9.65. The molecule has 2 heterocycles. The van der Waals surface area contributed by atoms with Crippen molar-refractivity contribution in [2.24, 2.45) is 0 Å². The van der Waals surface area contributed by atoms with Gasteiger partial charge in [0.1, 0.15) is 23.2 Å². The number of carbonyl (C=O) groups is 1. The molecule has 1 aliphatic rings. The van der Waals surface area contributed by atoms with E-state index in [0.29, 0.717) is 23.6 Å². The van der Waals surface area contributed by atoms with Crippen LogP contribution in [0.2, 0.25) is 0 Å². The summed E-state index contributed by atoms with van der Waals surface area (Å²) in [5.74, 6) is 1.28. The number of hydrogen-bond donors (Lipinski definition) is 1. The second kappa shape index (κ2) is 5.00. The molecule has 0 saturated heterocycles. The number of hydrogen-bond acceptors (Lipinski definition) is 4. The van der Waals surface area contributed by atoms with Crippen molar-refractivity contribution in [3.05, 3.63) is 46.8 Å². The Morgan fingerprint density at radius 3 is 2.90 bits per heavy atom. The Morgan fingerprint density at radius 2 is 2.20 bits per heavy atom. The summed E-state index contributed by atoms with van der Waals surface area (Å²) < 4.78 is 10.8. The molecule has 0 unspecified atom stereocenters. The minimum atomic E-state index is -0.166. The lowest BCUT2D eigenvalue weighted by Gasteiger charge is -2.11. The molecule has 1 N–H and O–H groups in total. The van der Waals surface area contributed by atoms with Gasteiger partial charge in [0.2, 0.25) is 0 Å². The topological polar surface area (TPSA) is 64.4 Å². The molecule has 5 heteroatoms. The summed E-state index contributed by atoms with van der Waals surface area (Å²) in [4.78, 5) is 12.1. The van der Waals surface area contributed by atoms with Crippen LogP contribution in [0.3, 0.4) is 0 Å². The van der Waals surface area contributed by atoms with Crippen LogP contribution in [0.25, 0.3) is 0 Å². The Bertz CT molecular complexity index is 604. The van der Waals surface area contributed by atoms with Gasteiger partial charge in [-0.15, -0.1) is 0 Å². The zero-order chi connectivity index (χ0) is 14.1. The first-order valence-electron chi connectivity index (χ1n) is 6.61. The van der Waals surface area contributed by atoms with E-state index in [1.165, 1.54) is 5.56 Å². The number of nitrogens with one attached hydrogen (secondary N) is 1. The number of carbonyl (C=O) groups excluding carboxylic acids is 1. The molecule has 0 fully saturated rings. The van der Waals surface area contributed by atoms with Crippen molar-refractivity contribution in [1.29, 1.82) is 0 Å². The molecule has 1 aromatic carbocycles. The first kappa shape index (κ1) is 12.7. The molecule has 1 aliphatic heterocycles. The lowest BCUT2D eigenvalue weighted by atomic mass is 10.1. The molecular formula is C15H16N2O3. The molecule has 104 valence electrons. The van der Waals surface area contributed by atoms with E-state index in [4.69, 9.17) is 9.26 Å². The quantitative estimate of drug-likeness (QED) is 0.928. The molecule has 1 atom stereocenters. The number of ether oxygens (including phenoxy) is 1. The molecule has 0 saturated carbocycles. The minimum Gasteiger partial charge on any atom is -0.488 e. The van der Waals surface area contributed by atoms with Crippen LogP contribution in [0.5, 0.6) is 5.75 Å². The van der Waals surface area contributed by atoms with Gasteiger partial charge >= 0.3 is 0 Å². The predicted molar refractivity (Wildman–Crippen MR) is 72.9 cm³/mol. The maximum absolute atomic E-state index is 12.1. The van der Waals surface area contributed by atoms with Crippen LogP contribution < -0.4 is 10.1 Å². The fourth-order valence-electron chi connectivity index (χ4n) is 2.47. The van der Waals surface area contributed by atoms with Crippen LogP contribution >= 0.6 is 0 Å². The molecule has 5 nitrogen and oxygen atoms in total. The second-order valence-electron chi connectivity index (χ2n) is 4.96. The Labute approximate surface area is 116 Å². The van der Waals surface area contributed by atoms with E-state index in [1.54, 1.807) is 13.8 Å². The number of amides is 1. The number of aromatic nitrogens is 1. The fourth-order valence-corrected chi connectivity index (χ4v) is 2.47. The van der Waals surface area contributed by atoms with E-state index in [9.17, 15) is 4.79 Å². The molecular weight excluding hydrogens is 256 g/mol. The molecule has 0 radical (unpaired) electrons. The summed E-state index contributed by atoms with van der Waals surface area (Å²) in [5.41, 5.74) is 2.31. The van der Waals surface area contributed by atoms with Crippen molar-refractivity contribution >= 4 is 5.91 Å². The van der Waals surface area contributed by atoms with Crippen LogP contribution in [0.15, 0.2) is 28.8 Å². The number of nitrogens with zero attached hydrogens (tertiary/aromatic N) is 1. The average Bonchev–Trinajstić information content (AvgIpc) is 2.99. The maximum Gasteiger partial charge on any atom is 0.256 e. The van der Waals surface area contributed by atoms with Gasteiger partial charge in [0.25, 0.3) is 5.91 Å². The Kier molecular flexibility index (Phi) is 3.18. The first-order valence-corrected chi connectivity index (χ1v) is 6.61. The lowest BCUT2D eigenvalue weighted by molar-refractivity contribution is 0.0931. The van der Waals surface area contributed by atoms with Gasteiger partial charge in [-0.2, -0.15) is 0 Å². The third-order valence-corrected chi connectivity index (χ3v) is 3.46. The van der Waals surface area contributed by atoms with Crippen LogP contribution in [-0.2, 0) is 6.42 Å². The van der Waals surface area contributed by atoms with Crippen molar-refractivity contribution in [3.63, 3.8) is 0 Å². The van der Waals surface area contributed by atoms with Crippen molar-refractivity contribution in [3.8, 4) is 5.75 Å². The van der Waals surface area contributed by atoms with Crippen LogP contribution in [-0.4, -0.2) is 23.7 Å². The summed E-state index contributed by atoms with van der Waals surface area (Å²) >= 11 is 0. The maximum atomic E-state index is 12.1. The Hall–Kier alpha value is -2.30. The summed E-state index contributed by atoms with van der Waals surface area (Å²) in [7, 11) is 0. The third kappa shape index (κ3) is 2.27. The van der Waals surface area contributed by atoms with Gasteiger partial charge in [-0.05, 0) is 25.5 Å². The monoisotopic (exact) mass is 272 g/mol. The van der Waals surface area contributed by atoms with Crippen molar-refractivity contribution in [1.82, 2.24) is 10.5 Å². The second-order valence-corrected chi connectivity index (χ2v) is 4.96. The van der Waals surface area contributed by atoms with Gasteiger partial charge in [-0.1, -0.05) is 23.4 Å². The zero-order valence-electron chi connectivity index (χ0n) is 11.5. The highest BCUT2D eigenvalue weighted by Gasteiger charge is 2.24. The molecule has 0 spiro atoms. The highest BCUT2D eigenvalue weighted by Crippen LogP contribution is 2.27.